The fourth-order valence-electron chi connectivity index (χ4n) is 3.29. The van der Waals surface area contributed by atoms with Crippen LogP contribution in [0, 0.1) is 5.92 Å². The van der Waals surface area contributed by atoms with E-state index < -0.39 is 0 Å². The van der Waals surface area contributed by atoms with Gasteiger partial charge in [-0.15, -0.1) is 11.3 Å². The van der Waals surface area contributed by atoms with Gasteiger partial charge in [0.25, 0.3) is 0 Å². The highest BCUT2D eigenvalue weighted by Gasteiger charge is 2.20. The second kappa shape index (κ2) is 6.24. The van der Waals surface area contributed by atoms with E-state index in [4.69, 9.17) is 0 Å². The third-order valence-electron chi connectivity index (χ3n) is 4.67. The summed E-state index contributed by atoms with van der Waals surface area (Å²) >= 11 is 1.65. The minimum absolute atomic E-state index is 0.515. The lowest BCUT2D eigenvalue weighted by Gasteiger charge is -2.27. The Labute approximate surface area is 140 Å². The Kier molecular flexibility index (Phi) is 3.95. The number of hydrogen-bond donors (Lipinski definition) is 1. The van der Waals surface area contributed by atoms with Crippen molar-refractivity contribution in [3.05, 3.63) is 36.1 Å². The molecule has 1 saturated carbocycles. The molecule has 3 aromatic rings. The number of aromatic nitrogens is 3. The third-order valence-corrected chi connectivity index (χ3v) is 5.55. The number of pyridine rings is 1. The van der Waals surface area contributed by atoms with E-state index in [0.717, 1.165) is 33.2 Å². The molecule has 3 aromatic heterocycles. The molecular weight excluding hydrogens is 304 g/mol. The van der Waals surface area contributed by atoms with Crippen LogP contribution in [0.25, 0.3) is 21.5 Å². The van der Waals surface area contributed by atoms with Crippen molar-refractivity contribution in [2.75, 3.05) is 5.32 Å². The van der Waals surface area contributed by atoms with E-state index in [2.05, 4.69) is 32.6 Å². The number of hydrogen-bond acceptors (Lipinski definition) is 5. The van der Waals surface area contributed by atoms with Crippen LogP contribution in [-0.4, -0.2) is 21.0 Å². The molecule has 0 aliphatic heterocycles. The van der Waals surface area contributed by atoms with Crippen molar-refractivity contribution in [1.82, 2.24) is 15.0 Å². The maximum absolute atomic E-state index is 4.54. The predicted molar refractivity (Wildman–Crippen MR) is 95.7 cm³/mol. The quantitative estimate of drug-likeness (QED) is 0.756. The van der Waals surface area contributed by atoms with Gasteiger partial charge < -0.3 is 5.32 Å². The maximum atomic E-state index is 4.54. The lowest BCUT2D eigenvalue weighted by atomic mass is 9.87. The fourth-order valence-corrected chi connectivity index (χ4v) is 4.19. The van der Waals surface area contributed by atoms with Crippen LogP contribution in [0.5, 0.6) is 0 Å². The Hall–Kier alpha value is -2.01. The topological polar surface area (TPSA) is 50.7 Å². The molecule has 1 aliphatic carbocycles. The molecule has 0 saturated heterocycles. The normalized spacial score (nSPS) is 21.4. The van der Waals surface area contributed by atoms with E-state index in [0.29, 0.717) is 6.04 Å². The first-order chi connectivity index (χ1) is 11.3. The summed E-state index contributed by atoms with van der Waals surface area (Å²) in [5.74, 6) is 1.81. The molecule has 0 spiro atoms. The van der Waals surface area contributed by atoms with Crippen LogP contribution in [0.15, 0.2) is 36.1 Å². The molecular formula is C18H20N4S. The Morgan fingerprint density at radius 3 is 2.74 bits per heavy atom. The number of anilines is 1. The van der Waals surface area contributed by atoms with Gasteiger partial charge in [-0.1, -0.05) is 13.0 Å². The first kappa shape index (κ1) is 14.6. The van der Waals surface area contributed by atoms with Gasteiger partial charge in [-0.25, -0.2) is 9.97 Å². The lowest BCUT2D eigenvalue weighted by molar-refractivity contribution is 0.361. The first-order valence-electron chi connectivity index (χ1n) is 8.21. The molecule has 23 heavy (non-hydrogen) atoms. The predicted octanol–water partition coefficient (Wildman–Crippen LogP) is 4.74. The average Bonchev–Trinajstić information content (AvgIpc) is 3.03. The van der Waals surface area contributed by atoms with Crippen molar-refractivity contribution in [2.45, 2.75) is 38.6 Å². The van der Waals surface area contributed by atoms with Gasteiger partial charge in [0.1, 0.15) is 17.0 Å². The Morgan fingerprint density at radius 2 is 1.96 bits per heavy atom. The van der Waals surface area contributed by atoms with E-state index >= 15 is 0 Å². The van der Waals surface area contributed by atoms with Crippen molar-refractivity contribution in [1.29, 1.82) is 0 Å². The number of thiophene rings is 1. The van der Waals surface area contributed by atoms with Crippen molar-refractivity contribution >= 4 is 27.4 Å². The Morgan fingerprint density at radius 1 is 1.09 bits per heavy atom. The van der Waals surface area contributed by atoms with E-state index in [-0.39, 0.29) is 0 Å². The highest BCUT2D eigenvalue weighted by molar-refractivity contribution is 7.17. The molecule has 0 aromatic carbocycles. The molecule has 0 radical (unpaired) electrons. The van der Waals surface area contributed by atoms with Crippen molar-refractivity contribution in [2.24, 2.45) is 5.92 Å². The van der Waals surface area contributed by atoms with Crippen molar-refractivity contribution in [3.8, 4) is 11.3 Å². The number of nitrogens with one attached hydrogen (secondary N) is 1. The van der Waals surface area contributed by atoms with Crippen LogP contribution in [0.4, 0.5) is 5.82 Å². The Balaban J connectivity index is 1.71. The zero-order valence-electron chi connectivity index (χ0n) is 13.2. The molecule has 1 aliphatic rings. The van der Waals surface area contributed by atoms with Gasteiger partial charge in [-0.05, 0) is 43.7 Å². The van der Waals surface area contributed by atoms with Gasteiger partial charge in [0.05, 0.1) is 11.1 Å². The molecule has 0 unspecified atom stereocenters. The standard InChI is InChI=1S/C18H20N4S/c1-12-5-7-13(8-6-12)22-17-16-14(15-4-2-3-9-19-15)10-23-18(16)21-11-20-17/h2-4,9-13H,5-8H2,1H3,(H,20,21,22). The second-order valence-electron chi connectivity index (χ2n) is 6.37. The van der Waals surface area contributed by atoms with Gasteiger partial charge in [0.15, 0.2) is 0 Å². The zero-order chi connectivity index (χ0) is 15.6. The van der Waals surface area contributed by atoms with E-state index in [1.54, 1.807) is 17.7 Å². The molecule has 118 valence electrons. The monoisotopic (exact) mass is 324 g/mol. The molecule has 1 N–H and O–H groups in total. The van der Waals surface area contributed by atoms with Crippen LogP contribution >= 0.6 is 11.3 Å². The summed E-state index contributed by atoms with van der Waals surface area (Å²) < 4.78 is 0. The summed E-state index contributed by atoms with van der Waals surface area (Å²) in [4.78, 5) is 14.5. The molecule has 4 nitrogen and oxygen atoms in total. The zero-order valence-corrected chi connectivity index (χ0v) is 14.0. The summed E-state index contributed by atoms with van der Waals surface area (Å²) in [6, 6.07) is 6.52. The van der Waals surface area contributed by atoms with Gasteiger partial charge >= 0.3 is 0 Å². The summed E-state index contributed by atoms with van der Waals surface area (Å²) in [5, 5.41) is 6.91. The van der Waals surface area contributed by atoms with Gasteiger partial charge in [-0.3, -0.25) is 4.98 Å². The molecule has 1 fully saturated rings. The minimum atomic E-state index is 0.515. The highest BCUT2D eigenvalue weighted by atomic mass is 32.1. The smallest absolute Gasteiger partial charge is 0.139 e. The number of rotatable bonds is 3. The molecule has 5 heteroatoms. The average molecular weight is 324 g/mol. The lowest BCUT2D eigenvalue weighted by Crippen LogP contribution is -2.25. The number of fused-ring (bicyclic) bond motifs is 1. The second-order valence-corrected chi connectivity index (χ2v) is 7.23. The van der Waals surface area contributed by atoms with Crippen LogP contribution < -0.4 is 5.32 Å². The first-order valence-corrected chi connectivity index (χ1v) is 9.09. The van der Waals surface area contributed by atoms with E-state index in [1.165, 1.54) is 25.7 Å². The molecule has 3 heterocycles. The summed E-state index contributed by atoms with van der Waals surface area (Å²) in [6.45, 7) is 2.34. The van der Waals surface area contributed by atoms with Gasteiger partial charge in [-0.2, -0.15) is 0 Å². The number of nitrogens with zero attached hydrogens (tertiary/aromatic N) is 3. The van der Waals surface area contributed by atoms with Crippen LogP contribution in [0.3, 0.4) is 0 Å². The SMILES string of the molecule is CC1CCC(Nc2ncnc3scc(-c4ccccn4)c23)CC1. The van der Waals surface area contributed by atoms with Crippen LogP contribution in [0.1, 0.15) is 32.6 Å². The highest BCUT2D eigenvalue weighted by Crippen LogP contribution is 2.36. The molecule has 0 amide bonds. The largest absolute Gasteiger partial charge is 0.367 e. The molecule has 0 atom stereocenters. The Bertz CT molecular complexity index is 791. The van der Waals surface area contributed by atoms with E-state index in [1.807, 2.05) is 24.4 Å². The fraction of sp³-hybridized carbons (Fsp3) is 0.389. The molecule has 0 bridgehead atoms. The maximum Gasteiger partial charge on any atom is 0.139 e. The minimum Gasteiger partial charge on any atom is -0.367 e. The van der Waals surface area contributed by atoms with Gasteiger partial charge in [0.2, 0.25) is 0 Å². The van der Waals surface area contributed by atoms with Crippen molar-refractivity contribution < 1.29 is 0 Å². The third kappa shape index (κ3) is 2.93. The summed E-state index contributed by atoms with van der Waals surface area (Å²) in [6.07, 6.45) is 8.52. The van der Waals surface area contributed by atoms with Crippen molar-refractivity contribution in [3.63, 3.8) is 0 Å². The summed E-state index contributed by atoms with van der Waals surface area (Å²) in [5.41, 5.74) is 2.10. The van der Waals surface area contributed by atoms with E-state index in [9.17, 15) is 0 Å². The van der Waals surface area contributed by atoms with Crippen LogP contribution in [0.2, 0.25) is 0 Å². The summed E-state index contributed by atoms with van der Waals surface area (Å²) in [7, 11) is 0. The van der Waals surface area contributed by atoms with Crippen LogP contribution in [-0.2, 0) is 0 Å². The van der Waals surface area contributed by atoms with Gasteiger partial charge in [0, 0.05) is 23.2 Å². The molecule has 4 rings (SSSR count).